The summed E-state index contributed by atoms with van der Waals surface area (Å²) in [5, 5.41) is 4.11. The molecule has 0 bridgehead atoms. The lowest BCUT2D eigenvalue weighted by molar-refractivity contribution is -0.121. The van der Waals surface area contributed by atoms with E-state index in [4.69, 9.17) is 0 Å². The van der Waals surface area contributed by atoms with E-state index < -0.39 is 0 Å². The number of hydrogen-bond donors (Lipinski definition) is 1. The normalized spacial score (nSPS) is 12.1. The minimum absolute atomic E-state index is 0.0341. The van der Waals surface area contributed by atoms with Gasteiger partial charge in [0.15, 0.2) is 0 Å². The maximum Gasteiger partial charge on any atom is 0.220 e. The number of para-hydroxylation sites is 1. The zero-order valence-corrected chi connectivity index (χ0v) is 16.9. The van der Waals surface area contributed by atoms with Crippen LogP contribution in [0.1, 0.15) is 29.2 Å². The smallest absolute Gasteiger partial charge is 0.220 e. The number of benzene rings is 2. The lowest BCUT2D eigenvalue weighted by Gasteiger charge is -2.17. The molecule has 5 heteroatoms. The molecule has 2 aromatic heterocycles. The molecule has 1 atom stereocenters. The molecule has 2 aromatic carbocycles. The molecule has 0 aliphatic carbocycles. The fourth-order valence-corrected chi connectivity index (χ4v) is 3.89. The number of halogens is 1. The lowest BCUT2D eigenvalue weighted by atomic mass is 9.88. The van der Waals surface area contributed by atoms with E-state index in [1.165, 1.54) is 12.1 Å². The lowest BCUT2D eigenvalue weighted by Crippen LogP contribution is -2.27. The number of nitrogens with zero attached hydrogens (tertiary/aromatic N) is 2. The number of aromatic nitrogens is 2. The first-order valence-electron chi connectivity index (χ1n) is 10.1. The van der Waals surface area contributed by atoms with Crippen LogP contribution in [0.25, 0.3) is 10.9 Å². The molecule has 30 heavy (non-hydrogen) atoms. The van der Waals surface area contributed by atoms with Crippen molar-refractivity contribution in [3.63, 3.8) is 0 Å². The summed E-state index contributed by atoms with van der Waals surface area (Å²) in [6.07, 6.45) is 4.80. The van der Waals surface area contributed by atoms with Crippen molar-refractivity contribution in [2.24, 2.45) is 7.05 Å². The highest BCUT2D eigenvalue weighted by Gasteiger charge is 2.22. The van der Waals surface area contributed by atoms with Crippen LogP contribution < -0.4 is 5.32 Å². The van der Waals surface area contributed by atoms with E-state index >= 15 is 0 Å². The number of hydrogen-bond acceptors (Lipinski definition) is 2. The van der Waals surface area contributed by atoms with Crippen LogP contribution in [-0.2, 0) is 18.3 Å². The molecule has 4 aromatic rings. The van der Waals surface area contributed by atoms with Crippen LogP contribution in [0.15, 0.2) is 79.1 Å². The fraction of sp³-hybridized carbons (Fsp3) is 0.200. The van der Waals surface area contributed by atoms with Crippen LogP contribution in [0.3, 0.4) is 0 Å². The van der Waals surface area contributed by atoms with E-state index in [-0.39, 0.29) is 17.6 Å². The van der Waals surface area contributed by atoms with Crippen LogP contribution in [0.4, 0.5) is 4.39 Å². The van der Waals surface area contributed by atoms with Crippen molar-refractivity contribution >= 4 is 16.8 Å². The zero-order chi connectivity index (χ0) is 20.9. The van der Waals surface area contributed by atoms with Gasteiger partial charge in [0.25, 0.3) is 0 Å². The Bertz CT molecular complexity index is 1140. The van der Waals surface area contributed by atoms with Crippen molar-refractivity contribution in [1.29, 1.82) is 0 Å². The Morgan fingerprint density at radius 3 is 2.60 bits per heavy atom. The van der Waals surface area contributed by atoms with Crippen LogP contribution in [0.5, 0.6) is 0 Å². The second-order valence-electron chi connectivity index (χ2n) is 7.44. The number of aryl methyl sites for hydroxylation is 1. The largest absolute Gasteiger partial charge is 0.356 e. The first-order chi connectivity index (χ1) is 14.6. The molecule has 4 rings (SSSR count). The minimum atomic E-state index is -0.282. The van der Waals surface area contributed by atoms with Gasteiger partial charge in [-0.2, -0.15) is 0 Å². The van der Waals surface area contributed by atoms with Crippen molar-refractivity contribution in [1.82, 2.24) is 14.9 Å². The Labute approximate surface area is 175 Å². The molecular weight excluding hydrogens is 377 g/mol. The van der Waals surface area contributed by atoms with E-state index in [2.05, 4.69) is 33.2 Å². The van der Waals surface area contributed by atoms with Crippen LogP contribution in [0.2, 0.25) is 0 Å². The van der Waals surface area contributed by atoms with Crippen molar-refractivity contribution in [3.8, 4) is 0 Å². The first-order valence-corrected chi connectivity index (χ1v) is 10.1. The maximum absolute atomic E-state index is 13.5. The Hall–Kier alpha value is -3.47. The van der Waals surface area contributed by atoms with Crippen LogP contribution >= 0.6 is 0 Å². The van der Waals surface area contributed by atoms with E-state index in [1.54, 1.807) is 18.3 Å². The van der Waals surface area contributed by atoms with Crippen molar-refractivity contribution in [2.45, 2.75) is 18.8 Å². The van der Waals surface area contributed by atoms with Crippen LogP contribution in [-0.4, -0.2) is 22.0 Å². The summed E-state index contributed by atoms with van der Waals surface area (Å²) >= 11 is 0. The molecular formula is C25H24FN3O. The Kier molecular flexibility index (Phi) is 5.89. The molecule has 1 amide bonds. The number of amides is 1. The van der Waals surface area contributed by atoms with Gasteiger partial charge in [-0.1, -0.05) is 36.4 Å². The number of pyridine rings is 1. The highest BCUT2D eigenvalue weighted by molar-refractivity contribution is 5.86. The van der Waals surface area contributed by atoms with Gasteiger partial charge >= 0.3 is 0 Å². The van der Waals surface area contributed by atoms with E-state index in [0.717, 1.165) is 27.7 Å². The summed E-state index contributed by atoms with van der Waals surface area (Å²) in [4.78, 5) is 17.1. The Morgan fingerprint density at radius 1 is 1.07 bits per heavy atom. The summed E-state index contributed by atoms with van der Waals surface area (Å²) in [6.45, 7) is 0.529. The van der Waals surface area contributed by atoms with Crippen molar-refractivity contribution in [3.05, 3.63) is 102 Å². The van der Waals surface area contributed by atoms with Gasteiger partial charge < -0.3 is 9.88 Å². The molecule has 4 nitrogen and oxygen atoms in total. The van der Waals surface area contributed by atoms with Gasteiger partial charge in [-0.05, 0) is 41.5 Å². The van der Waals surface area contributed by atoms with Crippen LogP contribution in [0, 0.1) is 5.82 Å². The number of carbonyl (C=O) groups is 1. The summed E-state index contributed by atoms with van der Waals surface area (Å²) in [5.74, 6) is -0.477. The molecule has 0 aliphatic heterocycles. The molecule has 1 unspecified atom stereocenters. The summed E-state index contributed by atoms with van der Waals surface area (Å²) < 4.78 is 15.6. The maximum atomic E-state index is 13.5. The average molecular weight is 401 g/mol. The molecule has 2 heterocycles. The van der Waals surface area contributed by atoms with E-state index in [1.807, 2.05) is 37.4 Å². The highest BCUT2D eigenvalue weighted by Crippen LogP contribution is 2.34. The average Bonchev–Trinajstić information content (AvgIpc) is 3.10. The summed E-state index contributed by atoms with van der Waals surface area (Å²) in [6, 6.07) is 20.3. The monoisotopic (exact) mass is 401 g/mol. The van der Waals surface area contributed by atoms with Gasteiger partial charge in [-0.15, -0.1) is 0 Å². The second kappa shape index (κ2) is 8.91. The number of rotatable bonds is 7. The predicted octanol–water partition coefficient (Wildman–Crippen LogP) is 4.59. The van der Waals surface area contributed by atoms with Gasteiger partial charge in [-0.3, -0.25) is 9.78 Å². The number of fused-ring (bicyclic) bond motifs is 1. The van der Waals surface area contributed by atoms with Gasteiger partial charge in [-0.25, -0.2) is 4.39 Å². The summed E-state index contributed by atoms with van der Waals surface area (Å²) in [7, 11) is 2.00. The fourth-order valence-electron chi connectivity index (χ4n) is 3.89. The topological polar surface area (TPSA) is 46.9 Å². The first kappa shape index (κ1) is 19.8. The summed E-state index contributed by atoms with van der Waals surface area (Å²) in [5.41, 5.74) is 4.05. The highest BCUT2D eigenvalue weighted by atomic mass is 19.1. The molecule has 0 fully saturated rings. The third kappa shape index (κ3) is 4.40. The molecule has 152 valence electrons. The van der Waals surface area contributed by atoms with Gasteiger partial charge in [0, 0.05) is 61.3 Å². The quantitative estimate of drug-likeness (QED) is 0.492. The molecule has 0 aliphatic rings. The SMILES string of the molecule is Cn1cc(C(CC(=O)NCCc2ccccn2)c2ccc(F)cc2)c2ccccc21. The van der Waals surface area contributed by atoms with Gasteiger partial charge in [0.05, 0.1) is 0 Å². The molecule has 0 saturated heterocycles. The Morgan fingerprint density at radius 2 is 1.83 bits per heavy atom. The predicted molar refractivity (Wildman–Crippen MR) is 117 cm³/mol. The second-order valence-corrected chi connectivity index (χ2v) is 7.44. The van der Waals surface area contributed by atoms with Crippen molar-refractivity contribution < 1.29 is 9.18 Å². The standard InChI is InChI=1S/C25H24FN3O/c1-29-17-23(21-7-2-3-8-24(21)29)22(18-9-11-19(26)12-10-18)16-25(30)28-15-13-20-6-4-5-14-27-20/h2-12,14,17,22H,13,15-16H2,1H3,(H,28,30). The minimum Gasteiger partial charge on any atom is -0.356 e. The number of nitrogens with one attached hydrogen (secondary N) is 1. The zero-order valence-electron chi connectivity index (χ0n) is 16.9. The van der Waals surface area contributed by atoms with E-state index in [9.17, 15) is 9.18 Å². The molecule has 0 radical (unpaired) electrons. The van der Waals surface area contributed by atoms with Gasteiger partial charge in [0.2, 0.25) is 5.91 Å². The van der Waals surface area contributed by atoms with E-state index in [0.29, 0.717) is 19.4 Å². The molecule has 0 spiro atoms. The number of carbonyl (C=O) groups excluding carboxylic acids is 1. The molecule has 1 N–H and O–H groups in total. The third-order valence-electron chi connectivity index (χ3n) is 5.39. The van der Waals surface area contributed by atoms with Crippen molar-refractivity contribution in [2.75, 3.05) is 6.54 Å². The molecule has 0 saturated carbocycles. The van der Waals surface area contributed by atoms with Gasteiger partial charge in [0.1, 0.15) is 5.82 Å². The third-order valence-corrected chi connectivity index (χ3v) is 5.39. The Balaban J connectivity index is 1.56.